The fourth-order valence-corrected chi connectivity index (χ4v) is 2.74. The van der Waals surface area contributed by atoms with Crippen LogP contribution in [-0.4, -0.2) is 36.2 Å². The largest absolute Gasteiger partial charge is 0.460 e. The maximum atomic E-state index is 12.2. The first-order chi connectivity index (χ1) is 14.6. The maximum absolute atomic E-state index is 12.2. The number of hydrogen-bond acceptors (Lipinski definition) is 4. The molecule has 0 bridgehead atoms. The average Bonchev–Trinajstić information content (AvgIpc) is 2.92. The van der Waals surface area contributed by atoms with Crippen LogP contribution in [-0.2, 0) is 9.47 Å². The topological polar surface area (TPSA) is 50.8 Å². The van der Waals surface area contributed by atoms with Crippen LogP contribution in [0.4, 0.5) is 4.79 Å². The van der Waals surface area contributed by atoms with Crippen molar-refractivity contribution in [2.24, 2.45) is 0 Å². The smallest absolute Gasteiger partial charge is 0.410 e. The fourth-order valence-electron chi connectivity index (χ4n) is 2.67. The third-order valence-corrected chi connectivity index (χ3v) is 4.79. The molecule has 31 heavy (non-hydrogen) atoms. The molecule has 0 spiro atoms. The summed E-state index contributed by atoms with van der Waals surface area (Å²) >= 11 is 6.01. The molecule has 0 aromatic rings. The molecular formula is C25H37ClN2O3. The lowest BCUT2D eigenvalue weighted by Gasteiger charge is -2.27. The zero-order chi connectivity index (χ0) is 23.4. The molecule has 1 rings (SSSR count). The van der Waals surface area contributed by atoms with E-state index in [2.05, 4.69) is 18.8 Å². The minimum Gasteiger partial charge on any atom is -0.460 e. The van der Waals surface area contributed by atoms with Crippen LogP contribution in [0.5, 0.6) is 0 Å². The second-order valence-electron chi connectivity index (χ2n) is 8.34. The van der Waals surface area contributed by atoms with Gasteiger partial charge in [0.15, 0.2) is 0 Å². The Kier molecular flexibility index (Phi) is 11.3. The Morgan fingerprint density at radius 1 is 1.35 bits per heavy atom. The number of nitrogens with one attached hydrogen (secondary N) is 1. The van der Waals surface area contributed by atoms with E-state index in [0.29, 0.717) is 23.8 Å². The molecule has 172 valence electrons. The number of halogens is 1. The molecule has 6 heteroatoms. The van der Waals surface area contributed by atoms with Crippen molar-refractivity contribution in [3.8, 4) is 0 Å². The van der Waals surface area contributed by atoms with Gasteiger partial charge in [0.2, 0.25) is 0 Å². The third-order valence-electron chi connectivity index (χ3n) is 4.44. The molecule has 0 heterocycles. The van der Waals surface area contributed by atoms with Gasteiger partial charge in [0, 0.05) is 31.1 Å². The van der Waals surface area contributed by atoms with Crippen molar-refractivity contribution in [1.29, 1.82) is 0 Å². The lowest BCUT2D eigenvalue weighted by Crippen LogP contribution is -2.38. The van der Waals surface area contributed by atoms with Crippen LogP contribution in [0, 0.1) is 0 Å². The summed E-state index contributed by atoms with van der Waals surface area (Å²) in [5, 5.41) is 4.19. The standard InChI is InChI=1S/C25H37ClN2O3/c1-8-20(26)16-15-19(3)30-23-14-12-10-11-13-22(23)27-21(9-2)17-18-28(7)24(29)31-25(4,5)6/h8,10-13,15-16,21,27H,3,9,14,17-18H2,1-2,4-7H3/b16-15-,20-8+. The summed E-state index contributed by atoms with van der Waals surface area (Å²) < 4.78 is 11.4. The molecule has 0 aromatic carbocycles. The van der Waals surface area contributed by atoms with Gasteiger partial charge in [-0.2, -0.15) is 0 Å². The fraction of sp³-hybridized carbons (Fsp3) is 0.480. The van der Waals surface area contributed by atoms with Crippen molar-refractivity contribution in [3.63, 3.8) is 0 Å². The molecule has 1 atom stereocenters. The van der Waals surface area contributed by atoms with Gasteiger partial charge in [-0.25, -0.2) is 4.79 Å². The summed E-state index contributed by atoms with van der Waals surface area (Å²) in [6, 6.07) is 0.169. The summed E-state index contributed by atoms with van der Waals surface area (Å²) in [6.07, 6.45) is 15.3. The minimum absolute atomic E-state index is 0.169. The highest BCUT2D eigenvalue weighted by Gasteiger charge is 2.20. The van der Waals surface area contributed by atoms with Crippen LogP contribution in [0.2, 0.25) is 0 Å². The lowest BCUT2D eigenvalue weighted by molar-refractivity contribution is 0.0293. The Morgan fingerprint density at radius 3 is 2.68 bits per heavy atom. The molecule has 1 aliphatic carbocycles. The van der Waals surface area contributed by atoms with Crippen LogP contribution in [0.15, 0.2) is 71.4 Å². The zero-order valence-electron chi connectivity index (χ0n) is 19.7. The molecule has 0 fully saturated rings. The number of hydrogen-bond donors (Lipinski definition) is 1. The first-order valence-corrected chi connectivity index (χ1v) is 11.1. The van der Waals surface area contributed by atoms with Gasteiger partial charge in [-0.3, -0.25) is 0 Å². The average molecular weight is 449 g/mol. The van der Waals surface area contributed by atoms with E-state index < -0.39 is 5.60 Å². The maximum Gasteiger partial charge on any atom is 0.410 e. The van der Waals surface area contributed by atoms with E-state index in [-0.39, 0.29) is 12.1 Å². The normalized spacial score (nSPS) is 15.6. The SMILES string of the molecule is C=C(/C=C\C(Cl)=C/C)OC1=C(NC(CC)CCN(C)C(=O)OC(C)(C)C)C=CC=CC1. The zero-order valence-corrected chi connectivity index (χ0v) is 20.5. The molecule has 0 radical (unpaired) electrons. The van der Waals surface area contributed by atoms with Gasteiger partial charge in [-0.1, -0.05) is 49.4 Å². The number of carbonyl (C=O) groups is 1. The second kappa shape index (κ2) is 13.1. The summed E-state index contributed by atoms with van der Waals surface area (Å²) in [4.78, 5) is 13.8. The monoisotopic (exact) mass is 448 g/mol. The number of nitrogens with zero attached hydrogens (tertiary/aromatic N) is 1. The third kappa shape index (κ3) is 11.0. The molecule has 1 amide bonds. The predicted molar refractivity (Wildman–Crippen MR) is 130 cm³/mol. The molecule has 1 unspecified atom stereocenters. The number of ether oxygens (including phenoxy) is 2. The number of carbonyl (C=O) groups excluding carboxylic acids is 1. The van der Waals surface area contributed by atoms with Crippen LogP contribution in [0.25, 0.3) is 0 Å². The highest BCUT2D eigenvalue weighted by molar-refractivity contribution is 6.31. The first kappa shape index (κ1) is 26.6. The quantitative estimate of drug-likeness (QED) is 0.303. The Morgan fingerprint density at radius 2 is 2.06 bits per heavy atom. The van der Waals surface area contributed by atoms with E-state index in [1.165, 1.54) is 0 Å². The highest BCUT2D eigenvalue weighted by atomic mass is 35.5. The molecule has 1 N–H and O–H groups in total. The Labute approximate surface area is 192 Å². The summed E-state index contributed by atoms with van der Waals surface area (Å²) in [6.45, 7) is 14.1. The predicted octanol–water partition coefficient (Wildman–Crippen LogP) is 6.57. The molecule has 1 aliphatic rings. The van der Waals surface area contributed by atoms with E-state index in [1.807, 2.05) is 52.0 Å². The van der Waals surface area contributed by atoms with E-state index in [0.717, 1.165) is 24.3 Å². The molecular weight excluding hydrogens is 412 g/mol. The van der Waals surface area contributed by atoms with Gasteiger partial charge in [0.05, 0.1) is 5.70 Å². The number of rotatable bonds is 10. The first-order valence-electron chi connectivity index (χ1n) is 10.7. The van der Waals surface area contributed by atoms with Crippen molar-refractivity contribution in [3.05, 3.63) is 71.4 Å². The van der Waals surface area contributed by atoms with Gasteiger partial charge in [0.25, 0.3) is 0 Å². The van der Waals surface area contributed by atoms with Crippen molar-refractivity contribution in [2.75, 3.05) is 13.6 Å². The Balaban J connectivity index is 2.81. The molecule has 5 nitrogen and oxygen atoms in total. The molecule has 0 aromatic heterocycles. The van der Waals surface area contributed by atoms with Gasteiger partial charge in [0.1, 0.15) is 17.1 Å². The van der Waals surface area contributed by atoms with Gasteiger partial charge < -0.3 is 19.7 Å². The van der Waals surface area contributed by atoms with Crippen molar-refractivity contribution >= 4 is 17.7 Å². The van der Waals surface area contributed by atoms with Crippen molar-refractivity contribution in [1.82, 2.24) is 10.2 Å². The van der Waals surface area contributed by atoms with E-state index in [9.17, 15) is 4.79 Å². The van der Waals surface area contributed by atoms with E-state index in [1.54, 1.807) is 30.2 Å². The van der Waals surface area contributed by atoms with Gasteiger partial charge >= 0.3 is 6.09 Å². The van der Waals surface area contributed by atoms with Crippen LogP contribution < -0.4 is 5.32 Å². The lowest BCUT2D eigenvalue weighted by atomic mass is 10.1. The van der Waals surface area contributed by atoms with Crippen LogP contribution in [0.3, 0.4) is 0 Å². The summed E-state index contributed by atoms with van der Waals surface area (Å²) in [5.74, 6) is 1.30. The highest BCUT2D eigenvalue weighted by Crippen LogP contribution is 2.20. The molecule has 0 saturated carbocycles. The Hall–Kier alpha value is -2.40. The second-order valence-corrected chi connectivity index (χ2v) is 8.78. The van der Waals surface area contributed by atoms with Crippen molar-refractivity contribution in [2.45, 2.75) is 65.5 Å². The summed E-state index contributed by atoms with van der Waals surface area (Å²) in [5.41, 5.74) is 0.403. The van der Waals surface area contributed by atoms with E-state index in [4.69, 9.17) is 21.1 Å². The Bertz CT molecular complexity index is 770. The van der Waals surface area contributed by atoms with Crippen molar-refractivity contribution < 1.29 is 14.3 Å². The minimum atomic E-state index is -0.503. The number of allylic oxidation sites excluding steroid dienone is 8. The summed E-state index contributed by atoms with van der Waals surface area (Å²) in [7, 11) is 1.76. The van der Waals surface area contributed by atoms with Crippen LogP contribution in [0.1, 0.15) is 53.9 Å². The van der Waals surface area contributed by atoms with Crippen LogP contribution >= 0.6 is 11.6 Å². The molecule has 0 aliphatic heterocycles. The number of amides is 1. The van der Waals surface area contributed by atoms with Gasteiger partial charge in [-0.05, 0) is 58.8 Å². The van der Waals surface area contributed by atoms with Gasteiger partial charge in [-0.15, -0.1) is 0 Å². The van der Waals surface area contributed by atoms with E-state index >= 15 is 0 Å². The molecule has 0 saturated heterocycles.